The van der Waals surface area contributed by atoms with Crippen molar-refractivity contribution in [3.63, 3.8) is 0 Å². The highest BCUT2D eigenvalue weighted by molar-refractivity contribution is 6.05. The quantitative estimate of drug-likeness (QED) is 0.686. The van der Waals surface area contributed by atoms with Crippen LogP contribution in [-0.2, 0) is 4.79 Å². The number of amides is 1. The number of aryl methyl sites for hydroxylation is 2. The van der Waals surface area contributed by atoms with Crippen LogP contribution in [0.4, 0.5) is 23.0 Å². The van der Waals surface area contributed by atoms with E-state index in [0.717, 1.165) is 39.7 Å². The summed E-state index contributed by atoms with van der Waals surface area (Å²) in [7, 11) is 1.82. The fraction of sp³-hybridized carbons (Fsp3) is 0.364. The van der Waals surface area contributed by atoms with Gasteiger partial charge in [-0.1, -0.05) is 0 Å². The molecule has 0 aliphatic carbocycles. The first kappa shape index (κ1) is 19.9. The maximum Gasteiger partial charge on any atom is 0.249 e. The molecule has 30 heavy (non-hydrogen) atoms. The average Bonchev–Trinajstić information content (AvgIpc) is 3.04. The van der Waals surface area contributed by atoms with E-state index in [1.807, 2.05) is 46.0 Å². The van der Waals surface area contributed by atoms with Crippen LogP contribution in [0, 0.1) is 13.8 Å². The number of fused-ring (bicyclic) bond motifs is 1. The number of likely N-dealkylation sites (N-methyl/N-ethyl adjacent to an activating group) is 1. The predicted octanol–water partition coefficient (Wildman–Crippen LogP) is 3.81. The van der Waals surface area contributed by atoms with Gasteiger partial charge in [-0.2, -0.15) is 5.10 Å². The predicted molar refractivity (Wildman–Crippen MR) is 119 cm³/mol. The molecule has 0 fully saturated rings. The topological polar surface area (TPSA) is 90.0 Å². The van der Waals surface area contributed by atoms with E-state index >= 15 is 0 Å². The third-order valence-corrected chi connectivity index (χ3v) is 5.57. The van der Waals surface area contributed by atoms with Crippen LogP contribution in [0.2, 0.25) is 0 Å². The fourth-order valence-corrected chi connectivity index (χ4v) is 4.16. The first-order chi connectivity index (χ1) is 14.3. The van der Waals surface area contributed by atoms with E-state index < -0.39 is 0 Å². The lowest BCUT2D eigenvalue weighted by Gasteiger charge is -2.42. The standard InChI is InChI=1S/C22H27N7O/c1-12(2)29-15(5)21(30)28(6)18-8-7-16(11-19(18)29)24-22-23-10-9-17(25-22)20-13(3)26-27-14(20)4/h7-12,15H,1-6H3,(H,26,27)(H,23,24,25). The molecule has 2 aromatic heterocycles. The SMILES string of the molecule is Cc1n[nH]c(C)c1-c1ccnc(Nc2ccc3c(c2)N(C(C)C)C(C)C(=O)N3C)n1. The van der Waals surface area contributed by atoms with E-state index in [-0.39, 0.29) is 18.0 Å². The monoisotopic (exact) mass is 405 g/mol. The van der Waals surface area contributed by atoms with Crippen molar-refractivity contribution in [1.29, 1.82) is 0 Å². The fourth-order valence-electron chi connectivity index (χ4n) is 4.16. The Kier molecular flexibility index (Phi) is 4.93. The number of rotatable bonds is 4. The van der Waals surface area contributed by atoms with Gasteiger partial charge in [0.15, 0.2) is 0 Å². The second-order valence-electron chi connectivity index (χ2n) is 7.98. The van der Waals surface area contributed by atoms with E-state index in [9.17, 15) is 4.79 Å². The van der Waals surface area contributed by atoms with Crippen molar-refractivity contribution in [2.24, 2.45) is 0 Å². The lowest BCUT2D eigenvalue weighted by Crippen LogP contribution is -2.53. The third-order valence-electron chi connectivity index (χ3n) is 5.57. The number of H-pyrrole nitrogens is 1. The van der Waals surface area contributed by atoms with Crippen molar-refractivity contribution in [1.82, 2.24) is 20.2 Å². The van der Waals surface area contributed by atoms with Gasteiger partial charge in [-0.25, -0.2) is 9.97 Å². The highest BCUT2D eigenvalue weighted by Gasteiger charge is 2.34. The molecule has 0 spiro atoms. The van der Waals surface area contributed by atoms with E-state index in [1.54, 1.807) is 11.1 Å². The Morgan fingerprint density at radius 2 is 1.93 bits per heavy atom. The molecule has 0 saturated heterocycles. The summed E-state index contributed by atoms with van der Waals surface area (Å²) in [5.41, 5.74) is 6.47. The van der Waals surface area contributed by atoms with Gasteiger partial charge >= 0.3 is 0 Å². The molecule has 1 unspecified atom stereocenters. The number of hydrogen-bond acceptors (Lipinski definition) is 6. The number of carbonyl (C=O) groups is 1. The van der Waals surface area contributed by atoms with Crippen molar-refractivity contribution in [3.05, 3.63) is 41.9 Å². The second-order valence-corrected chi connectivity index (χ2v) is 7.98. The Bertz CT molecular complexity index is 1090. The number of benzene rings is 1. The molecule has 3 aromatic rings. The van der Waals surface area contributed by atoms with Gasteiger partial charge in [0.2, 0.25) is 11.9 Å². The van der Waals surface area contributed by atoms with Gasteiger partial charge < -0.3 is 15.1 Å². The highest BCUT2D eigenvalue weighted by Crippen LogP contribution is 2.39. The maximum atomic E-state index is 12.6. The molecule has 156 valence electrons. The van der Waals surface area contributed by atoms with Gasteiger partial charge in [0.25, 0.3) is 0 Å². The van der Waals surface area contributed by atoms with Gasteiger partial charge in [0, 0.05) is 36.2 Å². The summed E-state index contributed by atoms with van der Waals surface area (Å²) in [6.45, 7) is 10.1. The Morgan fingerprint density at radius 3 is 2.60 bits per heavy atom. The molecule has 8 nitrogen and oxygen atoms in total. The number of nitrogens with one attached hydrogen (secondary N) is 2. The van der Waals surface area contributed by atoms with Crippen LogP contribution in [0.3, 0.4) is 0 Å². The number of carbonyl (C=O) groups excluding carboxylic acids is 1. The summed E-state index contributed by atoms with van der Waals surface area (Å²) < 4.78 is 0. The molecule has 0 saturated carbocycles. The summed E-state index contributed by atoms with van der Waals surface area (Å²) in [6, 6.07) is 7.82. The first-order valence-corrected chi connectivity index (χ1v) is 10.1. The third kappa shape index (κ3) is 3.28. The van der Waals surface area contributed by atoms with Gasteiger partial charge in [-0.3, -0.25) is 9.89 Å². The average molecular weight is 406 g/mol. The van der Waals surface area contributed by atoms with Crippen molar-refractivity contribution in [2.45, 2.75) is 46.7 Å². The minimum absolute atomic E-state index is 0.0961. The second kappa shape index (κ2) is 7.44. The Hall–Kier alpha value is -3.42. The van der Waals surface area contributed by atoms with E-state index in [2.05, 4.69) is 50.3 Å². The zero-order chi connectivity index (χ0) is 21.6. The van der Waals surface area contributed by atoms with E-state index in [0.29, 0.717) is 5.95 Å². The molecule has 4 rings (SSSR count). The Balaban J connectivity index is 1.69. The number of aromatic nitrogens is 4. The molecule has 1 atom stereocenters. The van der Waals surface area contributed by atoms with Gasteiger partial charge in [-0.05, 0) is 58.9 Å². The molecule has 1 amide bonds. The van der Waals surface area contributed by atoms with Gasteiger partial charge in [-0.15, -0.1) is 0 Å². The number of hydrogen-bond donors (Lipinski definition) is 2. The van der Waals surface area contributed by atoms with Crippen molar-refractivity contribution < 1.29 is 4.79 Å². The lowest BCUT2D eigenvalue weighted by atomic mass is 10.0. The highest BCUT2D eigenvalue weighted by atomic mass is 16.2. The maximum absolute atomic E-state index is 12.6. The van der Waals surface area contributed by atoms with Crippen LogP contribution in [0.25, 0.3) is 11.3 Å². The number of aromatic amines is 1. The minimum atomic E-state index is -0.218. The number of nitrogens with zero attached hydrogens (tertiary/aromatic N) is 5. The minimum Gasteiger partial charge on any atom is -0.356 e. The van der Waals surface area contributed by atoms with E-state index in [4.69, 9.17) is 0 Å². The summed E-state index contributed by atoms with van der Waals surface area (Å²) in [6.07, 6.45) is 1.74. The molecule has 1 aliphatic rings. The zero-order valence-electron chi connectivity index (χ0n) is 18.2. The zero-order valence-corrected chi connectivity index (χ0v) is 18.2. The summed E-state index contributed by atoms with van der Waals surface area (Å²) in [5, 5.41) is 10.6. The summed E-state index contributed by atoms with van der Waals surface area (Å²) >= 11 is 0. The molecule has 8 heteroatoms. The van der Waals surface area contributed by atoms with E-state index in [1.165, 1.54) is 0 Å². The van der Waals surface area contributed by atoms with Crippen molar-refractivity contribution in [3.8, 4) is 11.3 Å². The molecule has 2 N–H and O–H groups in total. The van der Waals surface area contributed by atoms with Crippen LogP contribution in [0.1, 0.15) is 32.2 Å². The Morgan fingerprint density at radius 1 is 1.17 bits per heavy atom. The molecule has 0 radical (unpaired) electrons. The largest absolute Gasteiger partial charge is 0.356 e. The van der Waals surface area contributed by atoms with Crippen molar-refractivity contribution in [2.75, 3.05) is 22.2 Å². The normalized spacial score (nSPS) is 16.2. The first-order valence-electron chi connectivity index (χ1n) is 10.1. The molecular weight excluding hydrogens is 378 g/mol. The van der Waals surface area contributed by atoms with Crippen LogP contribution in [0.15, 0.2) is 30.5 Å². The van der Waals surface area contributed by atoms with Gasteiger partial charge in [0.05, 0.1) is 22.8 Å². The van der Waals surface area contributed by atoms with Crippen LogP contribution >= 0.6 is 0 Å². The lowest BCUT2D eigenvalue weighted by molar-refractivity contribution is -0.119. The van der Waals surface area contributed by atoms with Crippen LogP contribution in [-0.4, -0.2) is 45.2 Å². The smallest absolute Gasteiger partial charge is 0.249 e. The molecule has 3 heterocycles. The Labute approximate surface area is 176 Å². The van der Waals surface area contributed by atoms with Gasteiger partial charge in [0.1, 0.15) is 6.04 Å². The van der Waals surface area contributed by atoms with Crippen molar-refractivity contribution >= 4 is 28.9 Å². The summed E-state index contributed by atoms with van der Waals surface area (Å²) in [4.78, 5) is 25.6. The molecule has 0 bridgehead atoms. The molecule has 1 aromatic carbocycles. The number of anilines is 4. The van der Waals surface area contributed by atoms with Crippen LogP contribution < -0.4 is 15.1 Å². The molecular formula is C22H27N7O. The van der Waals surface area contributed by atoms with Crippen LogP contribution in [0.5, 0.6) is 0 Å². The summed E-state index contributed by atoms with van der Waals surface area (Å²) in [5.74, 6) is 0.607. The molecule has 1 aliphatic heterocycles.